The fourth-order valence-corrected chi connectivity index (χ4v) is 4.12. The lowest BCUT2D eigenvalue weighted by molar-refractivity contribution is 0.0540. The van der Waals surface area contributed by atoms with Gasteiger partial charge < -0.3 is 10.2 Å². The molecule has 0 aliphatic carbocycles. The maximum atomic E-state index is 14.2. The Bertz CT molecular complexity index is 1100. The van der Waals surface area contributed by atoms with Crippen molar-refractivity contribution < 1.29 is 13.6 Å². The highest BCUT2D eigenvalue weighted by molar-refractivity contribution is 6.30. The van der Waals surface area contributed by atoms with Gasteiger partial charge in [-0.15, -0.1) is 0 Å². The van der Waals surface area contributed by atoms with Crippen LogP contribution in [0.25, 0.3) is 11.4 Å². The SMILES string of the molecule is CC1CCCN(C(=O)c2cc(F)c(F)cc2-c2ncccn2)C1CNc1ccc(Cl)cn1. The molecule has 6 nitrogen and oxygen atoms in total. The van der Waals surface area contributed by atoms with E-state index < -0.39 is 11.6 Å². The molecule has 2 unspecified atom stereocenters. The molecule has 1 aliphatic heterocycles. The molecular weight excluding hydrogens is 436 g/mol. The molecule has 0 bridgehead atoms. The van der Waals surface area contributed by atoms with Gasteiger partial charge in [-0.25, -0.2) is 23.7 Å². The van der Waals surface area contributed by atoms with Crippen molar-refractivity contribution in [3.05, 3.63) is 71.1 Å². The van der Waals surface area contributed by atoms with Crippen molar-refractivity contribution in [2.45, 2.75) is 25.8 Å². The minimum Gasteiger partial charge on any atom is -0.368 e. The van der Waals surface area contributed by atoms with Crippen LogP contribution >= 0.6 is 11.6 Å². The summed E-state index contributed by atoms with van der Waals surface area (Å²) < 4.78 is 28.2. The smallest absolute Gasteiger partial charge is 0.255 e. The van der Waals surface area contributed by atoms with Gasteiger partial charge in [0, 0.05) is 37.2 Å². The lowest BCUT2D eigenvalue weighted by atomic mass is 9.89. The maximum absolute atomic E-state index is 14.2. The van der Waals surface area contributed by atoms with Gasteiger partial charge in [-0.1, -0.05) is 18.5 Å². The van der Waals surface area contributed by atoms with Gasteiger partial charge in [0.05, 0.1) is 16.6 Å². The van der Waals surface area contributed by atoms with Crippen LogP contribution in [0, 0.1) is 17.6 Å². The Kier molecular flexibility index (Phi) is 6.60. The summed E-state index contributed by atoms with van der Waals surface area (Å²) in [6.07, 6.45) is 6.31. The number of benzene rings is 1. The first-order valence-electron chi connectivity index (χ1n) is 10.4. The number of rotatable bonds is 5. The van der Waals surface area contributed by atoms with Crippen LogP contribution in [-0.4, -0.2) is 44.9 Å². The lowest BCUT2D eigenvalue weighted by Crippen LogP contribution is -2.51. The van der Waals surface area contributed by atoms with Crippen molar-refractivity contribution in [2.24, 2.45) is 5.92 Å². The maximum Gasteiger partial charge on any atom is 0.255 e. The van der Waals surface area contributed by atoms with Gasteiger partial charge in [0.15, 0.2) is 17.5 Å². The van der Waals surface area contributed by atoms with Crippen molar-refractivity contribution in [3.8, 4) is 11.4 Å². The topological polar surface area (TPSA) is 71.0 Å². The molecule has 0 spiro atoms. The number of carbonyl (C=O) groups excluding carboxylic acids is 1. The molecule has 9 heteroatoms. The zero-order chi connectivity index (χ0) is 22.7. The van der Waals surface area contributed by atoms with Gasteiger partial charge >= 0.3 is 0 Å². The first kappa shape index (κ1) is 22.1. The van der Waals surface area contributed by atoms with Gasteiger partial charge in [0.2, 0.25) is 0 Å². The highest BCUT2D eigenvalue weighted by Crippen LogP contribution is 2.30. The Morgan fingerprint density at radius 1 is 1.19 bits per heavy atom. The average molecular weight is 458 g/mol. The predicted molar refractivity (Wildman–Crippen MR) is 118 cm³/mol. The fourth-order valence-electron chi connectivity index (χ4n) is 4.00. The number of pyridine rings is 1. The molecule has 2 aromatic heterocycles. The molecule has 1 aliphatic rings. The quantitative estimate of drug-likeness (QED) is 0.594. The Hall–Kier alpha value is -3.13. The third-order valence-corrected chi connectivity index (χ3v) is 5.92. The minimum absolute atomic E-state index is 0.0406. The molecule has 1 N–H and O–H groups in total. The van der Waals surface area contributed by atoms with Crippen molar-refractivity contribution in [2.75, 3.05) is 18.4 Å². The van der Waals surface area contributed by atoms with E-state index in [0.29, 0.717) is 23.9 Å². The van der Waals surface area contributed by atoms with Gasteiger partial charge in [-0.05, 0) is 49.1 Å². The van der Waals surface area contributed by atoms with E-state index in [0.717, 1.165) is 25.0 Å². The number of piperidine rings is 1. The zero-order valence-corrected chi connectivity index (χ0v) is 18.2. The summed E-state index contributed by atoms with van der Waals surface area (Å²) in [6, 6.07) is 6.87. The second kappa shape index (κ2) is 9.56. The Morgan fingerprint density at radius 3 is 2.66 bits per heavy atom. The summed E-state index contributed by atoms with van der Waals surface area (Å²) in [6.45, 7) is 3.05. The molecule has 0 radical (unpaired) electrons. The van der Waals surface area contributed by atoms with Gasteiger partial charge in [0.1, 0.15) is 5.82 Å². The summed E-state index contributed by atoms with van der Waals surface area (Å²) in [5.74, 6) is -1.50. The highest BCUT2D eigenvalue weighted by atomic mass is 35.5. The van der Waals surface area contributed by atoms with E-state index in [9.17, 15) is 13.6 Å². The number of halogens is 3. The normalized spacial score (nSPS) is 18.4. The number of anilines is 1. The number of nitrogens with one attached hydrogen (secondary N) is 1. The molecule has 3 heterocycles. The van der Waals surface area contributed by atoms with Gasteiger partial charge in [0.25, 0.3) is 5.91 Å². The number of likely N-dealkylation sites (tertiary alicyclic amines) is 1. The van der Waals surface area contributed by atoms with Crippen LogP contribution in [0.2, 0.25) is 5.02 Å². The first-order chi connectivity index (χ1) is 15.4. The number of carbonyl (C=O) groups is 1. The van der Waals surface area contributed by atoms with E-state index in [1.165, 1.54) is 12.4 Å². The molecule has 4 rings (SSSR count). The van der Waals surface area contributed by atoms with Gasteiger partial charge in [-0.3, -0.25) is 4.79 Å². The molecule has 1 amide bonds. The summed E-state index contributed by atoms with van der Waals surface area (Å²) >= 11 is 5.89. The van der Waals surface area contributed by atoms with Crippen LogP contribution in [0.4, 0.5) is 14.6 Å². The highest BCUT2D eigenvalue weighted by Gasteiger charge is 2.34. The monoisotopic (exact) mass is 457 g/mol. The fraction of sp³-hybridized carbons (Fsp3) is 0.304. The van der Waals surface area contributed by atoms with E-state index in [4.69, 9.17) is 11.6 Å². The number of nitrogens with zero attached hydrogens (tertiary/aromatic N) is 4. The van der Waals surface area contributed by atoms with E-state index in [1.807, 2.05) is 0 Å². The predicted octanol–water partition coefficient (Wildman–Crippen LogP) is 4.82. The standard InChI is InChI=1S/C23H22ClF2N5O/c1-14-4-2-9-31(20(14)13-30-21-6-5-15(24)12-29-21)23(32)17-11-19(26)18(25)10-16(17)22-27-7-3-8-28-22/h3,5-8,10-12,14,20H,2,4,9,13H2,1H3,(H,29,30). The molecule has 1 aromatic carbocycles. The van der Waals surface area contributed by atoms with Crippen LogP contribution < -0.4 is 5.32 Å². The molecular formula is C23H22ClF2N5O. The largest absolute Gasteiger partial charge is 0.368 e. The summed E-state index contributed by atoms with van der Waals surface area (Å²) in [5.41, 5.74) is 0.206. The summed E-state index contributed by atoms with van der Waals surface area (Å²) in [7, 11) is 0. The Labute approximate surface area is 189 Å². The molecule has 32 heavy (non-hydrogen) atoms. The van der Waals surface area contributed by atoms with Crippen LogP contribution in [-0.2, 0) is 0 Å². The Balaban J connectivity index is 1.64. The minimum atomic E-state index is -1.09. The number of hydrogen-bond acceptors (Lipinski definition) is 5. The number of aromatic nitrogens is 3. The molecule has 0 saturated carbocycles. The van der Waals surface area contributed by atoms with Crippen molar-refractivity contribution >= 4 is 23.3 Å². The molecule has 3 aromatic rings. The molecule has 1 saturated heterocycles. The third-order valence-electron chi connectivity index (χ3n) is 5.69. The van der Waals surface area contributed by atoms with Crippen LogP contribution in [0.5, 0.6) is 0 Å². The van der Waals surface area contributed by atoms with Gasteiger partial charge in [-0.2, -0.15) is 0 Å². The van der Waals surface area contributed by atoms with Crippen LogP contribution in [0.1, 0.15) is 30.1 Å². The van der Waals surface area contributed by atoms with Crippen molar-refractivity contribution in [3.63, 3.8) is 0 Å². The molecule has 166 valence electrons. The van der Waals surface area contributed by atoms with Crippen LogP contribution in [0.3, 0.4) is 0 Å². The number of amides is 1. The third kappa shape index (κ3) is 4.70. The second-order valence-corrected chi connectivity index (χ2v) is 8.25. The zero-order valence-electron chi connectivity index (χ0n) is 17.4. The Morgan fingerprint density at radius 2 is 1.94 bits per heavy atom. The van der Waals surface area contributed by atoms with Crippen LogP contribution in [0.15, 0.2) is 48.9 Å². The molecule has 1 fully saturated rings. The second-order valence-electron chi connectivity index (χ2n) is 7.81. The van der Waals surface area contributed by atoms with E-state index >= 15 is 0 Å². The molecule has 2 atom stereocenters. The number of hydrogen-bond donors (Lipinski definition) is 1. The summed E-state index contributed by atoms with van der Waals surface area (Å²) in [5, 5.41) is 3.79. The lowest BCUT2D eigenvalue weighted by Gasteiger charge is -2.40. The average Bonchev–Trinajstić information content (AvgIpc) is 2.81. The van der Waals surface area contributed by atoms with Crippen molar-refractivity contribution in [1.82, 2.24) is 19.9 Å². The van der Waals surface area contributed by atoms with Crippen molar-refractivity contribution in [1.29, 1.82) is 0 Å². The first-order valence-corrected chi connectivity index (χ1v) is 10.7. The summed E-state index contributed by atoms with van der Waals surface area (Å²) in [4.78, 5) is 27.8. The van der Waals surface area contributed by atoms with E-state index in [-0.39, 0.29) is 34.8 Å². The van der Waals surface area contributed by atoms with E-state index in [2.05, 4.69) is 27.2 Å². The van der Waals surface area contributed by atoms with E-state index in [1.54, 1.807) is 29.3 Å².